The molecule has 0 aromatic heterocycles. The Morgan fingerprint density at radius 1 is 1.24 bits per heavy atom. The van der Waals surface area contributed by atoms with Gasteiger partial charge in [0.15, 0.2) is 0 Å². The van der Waals surface area contributed by atoms with Crippen molar-refractivity contribution in [1.29, 1.82) is 0 Å². The molecule has 1 unspecified atom stereocenters. The molecular weight excluding hydrogens is 286 g/mol. The standard InChI is InChI=1S/C17H18ClNO2/c1-10-3-4-11(7-14(10)18)16-9-15(19)13-6-5-12(20-2)8-17(13)21-16/h3-8,15-16H,9,19H2,1-2H3/t15-,16?/m1/s1. The van der Waals surface area contributed by atoms with Crippen LogP contribution in [-0.4, -0.2) is 7.11 Å². The fourth-order valence-electron chi connectivity index (χ4n) is 2.62. The summed E-state index contributed by atoms with van der Waals surface area (Å²) < 4.78 is 11.4. The van der Waals surface area contributed by atoms with Crippen molar-refractivity contribution in [2.24, 2.45) is 5.73 Å². The number of fused-ring (bicyclic) bond motifs is 1. The Labute approximate surface area is 129 Å². The van der Waals surface area contributed by atoms with Gasteiger partial charge in [-0.25, -0.2) is 0 Å². The van der Waals surface area contributed by atoms with Gasteiger partial charge in [-0.15, -0.1) is 0 Å². The molecule has 1 heterocycles. The number of halogens is 1. The number of hydrogen-bond acceptors (Lipinski definition) is 3. The zero-order valence-corrected chi connectivity index (χ0v) is 12.9. The fourth-order valence-corrected chi connectivity index (χ4v) is 2.81. The largest absolute Gasteiger partial charge is 0.497 e. The van der Waals surface area contributed by atoms with Crippen molar-refractivity contribution in [1.82, 2.24) is 0 Å². The molecule has 0 saturated carbocycles. The lowest BCUT2D eigenvalue weighted by atomic mass is 9.93. The van der Waals surface area contributed by atoms with Crippen LogP contribution in [0.2, 0.25) is 5.02 Å². The van der Waals surface area contributed by atoms with Crippen molar-refractivity contribution >= 4 is 11.6 Å². The molecule has 3 nitrogen and oxygen atoms in total. The Bertz CT molecular complexity index is 672. The summed E-state index contributed by atoms with van der Waals surface area (Å²) >= 11 is 6.21. The summed E-state index contributed by atoms with van der Waals surface area (Å²) in [6.45, 7) is 1.99. The van der Waals surface area contributed by atoms with Gasteiger partial charge in [0.2, 0.25) is 0 Å². The molecule has 0 saturated heterocycles. The molecule has 4 heteroatoms. The van der Waals surface area contributed by atoms with E-state index in [1.54, 1.807) is 7.11 Å². The first-order valence-corrected chi connectivity index (χ1v) is 7.32. The van der Waals surface area contributed by atoms with Crippen LogP contribution in [0.15, 0.2) is 36.4 Å². The molecule has 2 aromatic carbocycles. The molecule has 0 amide bonds. The maximum Gasteiger partial charge on any atom is 0.128 e. The van der Waals surface area contributed by atoms with Gasteiger partial charge in [-0.2, -0.15) is 0 Å². The first-order valence-electron chi connectivity index (χ1n) is 6.94. The maximum atomic E-state index is 6.28. The molecule has 0 bridgehead atoms. The van der Waals surface area contributed by atoms with Crippen LogP contribution >= 0.6 is 11.6 Å². The number of rotatable bonds is 2. The molecule has 2 atom stereocenters. The quantitative estimate of drug-likeness (QED) is 0.905. The van der Waals surface area contributed by atoms with E-state index in [0.29, 0.717) is 0 Å². The number of aryl methyl sites for hydroxylation is 1. The van der Waals surface area contributed by atoms with Crippen molar-refractivity contribution in [3.8, 4) is 11.5 Å². The Morgan fingerprint density at radius 3 is 2.76 bits per heavy atom. The summed E-state index contributed by atoms with van der Waals surface area (Å²) in [6, 6.07) is 11.7. The topological polar surface area (TPSA) is 44.5 Å². The normalized spacial score (nSPS) is 20.6. The SMILES string of the molecule is COc1ccc2c(c1)OC(c1ccc(C)c(Cl)c1)C[C@H]2N. The van der Waals surface area contributed by atoms with E-state index in [9.17, 15) is 0 Å². The number of benzene rings is 2. The zero-order chi connectivity index (χ0) is 15.0. The molecule has 0 radical (unpaired) electrons. The van der Waals surface area contributed by atoms with Crippen molar-refractivity contribution in [3.63, 3.8) is 0 Å². The molecular formula is C17H18ClNO2. The Kier molecular flexibility index (Phi) is 3.79. The van der Waals surface area contributed by atoms with Crippen LogP contribution in [-0.2, 0) is 0 Å². The van der Waals surface area contributed by atoms with Crippen LogP contribution < -0.4 is 15.2 Å². The Hall–Kier alpha value is -1.71. The second-order valence-corrected chi connectivity index (χ2v) is 5.77. The molecule has 21 heavy (non-hydrogen) atoms. The number of nitrogens with two attached hydrogens (primary N) is 1. The van der Waals surface area contributed by atoms with Gasteiger partial charge in [-0.1, -0.05) is 29.8 Å². The highest BCUT2D eigenvalue weighted by atomic mass is 35.5. The average Bonchev–Trinajstić information content (AvgIpc) is 2.49. The van der Waals surface area contributed by atoms with Crippen molar-refractivity contribution in [2.45, 2.75) is 25.5 Å². The number of methoxy groups -OCH3 is 1. The first-order chi connectivity index (χ1) is 10.1. The van der Waals surface area contributed by atoms with Gasteiger partial charge in [0.1, 0.15) is 17.6 Å². The van der Waals surface area contributed by atoms with Crippen LogP contribution in [0.25, 0.3) is 0 Å². The van der Waals surface area contributed by atoms with E-state index < -0.39 is 0 Å². The number of ether oxygens (including phenoxy) is 2. The third-order valence-corrected chi connectivity index (χ3v) is 4.33. The highest BCUT2D eigenvalue weighted by Gasteiger charge is 2.27. The molecule has 3 rings (SSSR count). The Balaban J connectivity index is 1.94. The minimum atomic E-state index is -0.0855. The monoisotopic (exact) mass is 303 g/mol. The van der Waals surface area contributed by atoms with E-state index in [1.807, 2.05) is 43.3 Å². The molecule has 1 aliphatic rings. The van der Waals surface area contributed by atoms with Gasteiger partial charge in [0, 0.05) is 29.1 Å². The number of hydrogen-bond donors (Lipinski definition) is 1. The second-order valence-electron chi connectivity index (χ2n) is 5.36. The summed E-state index contributed by atoms with van der Waals surface area (Å²) in [5, 5.41) is 0.751. The summed E-state index contributed by atoms with van der Waals surface area (Å²) in [5.74, 6) is 1.55. The van der Waals surface area contributed by atoms with Crippen LogP contribution in [0.3, 0.4) is 0 Å². The summed E-state index contributed by atoms with van der Waals surface area (Å²) in [6.07, 6.45) is 0.649. The van der Waals surface area contributed by atoms with E-state index in [2.05, 4.69) is 0 Å². The minimum absolute atomic E-state index is 0.0512. The third kappa shape index (κ3) is 2.71. The predicted octanol–water partition coefficient (Wildman–Crippen LogP) is 4.18. The highest BCUT2D eigenvalue weighted by Crippen LogP contribution is 2.41. The lowest BCUT2D eigenvalue weighted by Crippen LogP contribution is -2.24. The zero-order valence-electron chi connectivity index (χ0n) is 12.1. The lowest BCUT2D eigenvalue weighted by molar-refractivity contribution is 0.161. The molecule has 0 spiro atoms. The van der Waals surface area contributed by atoms with Crippen LogP contribution in [0, 0.1) is 6.92 Å². The van der Waals surface area contributed by atoms with Gasteiger partial charge in [0.05, 0.1) is 7.11 Å². The highest BCUT2D eigenvalue weighted by molar-refractivity contribution is 6.31. The van der Waals surface area contributed by atoms with Gasteiger partial charge >= 0.3 is 0 Å². The van der Waals surface area contributed by atoms with Gasteiger partial charge in [0.25, 0.3) is 0 Å². The Morgan fingerprint density at radius 2 is 2.05 bits per heavy atom. The summed E-state index contributed by atoms with van der Waals surface area (Å²) in [7, 11) is 1.64. The minimum Gasteiger partial charge on any atom is -0.497 e. The van der Waals surface area contributed by atoms with Crippen molar-refractivity contribution in [2.75, 3.05) is 7.11 Å². The lowest BCUT2D eigenvalue weighted by Gasteiger charge is -2.31. The van der Waals surface area contributed by atoms with Gasteiger partial charge in [-0.3, -0.25) is 0 Å². The van der Waals surface area contributed by atoms with Crippen LogP contribution in [0.1, 0.15) is 35.3 Å². The molecule has 1 aliphatic heterocycles. The van der Waals surface area contributed by atoms with Crippen molar-refractivity contribution in [3.05, 3.63) is 58.1 Å². The molecule has 2 N–H and O–H groups in total. The van der Waals surface area contributed by atoms with E-state index >= 15 is 0 Å². The van der Waals surface area contributed by atoms with Crippen molar-refractivity contribution < 1.29 is 9.47 Å². The van der Waals surface area contributed by atoms with E-state index in [1.165, 1.54) is 0 Å². The molecule has 0 fully saturated rings. The average molecular weight is 304 g/mol. The summed E-state index contributed by atoms with van der Waals surface area (Å²) in [5.41, 5.74) is 9.41. The van der Waals surface area contributed by atoms with E-state index in [0.717, 1.165) is 39.6 Å². The third-order valence-electron chi connectivity index (χ3n) is 3.93. The van der Waals surface area contributed by atoms with E-state index in [-0.39, 0.29) is 12.1 Å². The molecule has 0 aliphatic carbocycles. The van der Waals surface area contributed by atoms with Gasteiger partial charge < -0.3 is 15.2 Å². The maximum absolute atomic E-state index is 6.28. The first kappa shape index (κ1) is 14.2. The molecule has 2 aromatic rings. The van der Waals surface area contributed by atoms with Crippen LogP contribution in [0.5, 0.6) is 11.5 Å². The van der Waals surface area contributed by atoms with Crippen LogP contribution in [0.4, 0.5) is 0 Å². The van der Waals surface area contributed by atoms with Gasteiger partial charge in [-0.05, 0) is 30.2 Å². The van der Waals surface area contributed by atoms with E-state index in [4.69, 9.17) is 26.8 Å². The smallest absolute Gasteiger partial charge is 0.128 e. The second kappa shape index (κ2) is 5.58. The fraction of sp³-hybridized carbons (Fsp3) is 0.294. The molecule has 110 valence electrons. The predicted molar refractivity (Wildman–Crippen MR) is 84.1 cm³/mol. The summed E-state index contributed by atoms with van der Waals surface area (Å²) in [4.78, 5) is 0.